The van der Waals surface area contributed by atoms with Gasteiger partial charge in [-0.3, -0.25) is 4.79 Å². The Hall–Kier alpha value is -1.84. The standard InChI is InChI=1S/C16H23NO3/c1-5-12(6-2)15(18)17-14(16(19)20)13-8-10(3)7-11(4)9-13/h7-9,12,14H,5-6H2,1-4H3,(H,17,18)(H,19,20). The Labute approximate surface area is 120 Å². The minimum absolute atomic E-state index is 0.136. The number of hydrogen-bond donors (Lipinski definition) is 2. The Morgan fingerprint density at radius 2 is 1.60 bits per heavy atom. The summed E-state index contributed by atoms with van der Waals surface area (Å²) in [6, 6.07) is 4.60. The van der Waals surface area contributed by atoms with Crippen LogP contribution in [0.3, 0.4) is 0 Å². The van der Waals surface area contributed by atoms with Crippen molar-refractivity contribution in [3.63, 3.8) is 0 Å². The summed E-state index contributed by atoms with van der Waals surface area (Å²) in [5.41, 5.74) is 2.60. The summed E-state index contributed by atoms with van der Waals surface area (Å²) in [4.78, 5) is 23.5. The Morgan fingerprint density at radius 1 is 1.10 bits per heavy atom. The number of benzene rings is 1. The lowest BCUT2D eigenvalue weighted by molar-refractivity contribution is -0.142. The molecule has 0 aliphatic rings. The van der Waals surface area contributed by atoms with Crippen molar-refractivity contribution >= 4 is 11.9 Å². The van der Waals surface area contributed by atoms with Gasteiger partial charge in [0.05, 0.1) is 0 Å². The Balaban J connectivity index is 3.00. The fourth-order valence-corrected chi connectivity index (χ4v) is 2.38. The van der Waals surface area contributed by atoms with Gasteiger partial charge in [0, 0.05) is 5.92 Å². The number of aliphatic carboxylic acids is 1. The molecular weight excluding hydrogens is 254 g/mol. The number of aryl methyl sites for hydroxylation is 2. The zero-order valence-electron chi connectivity index (χ0n) is 12.6. The highest BCUT2D eigenvalue weighted by Gasteiger charge is 2.25. The van der Waals surface area contributed by atoms with Crippen molar-refractivity contribution in [3.05, 3.63) is 34.9 Å². The van der Waals surface area contributed by atoms with Crippen LogP contribution in [-0.4, -0.2) is 17.0 Å². The van der Waals surface area contributed by atoms with E-state index in [9.17, 15) is 14.7 Å². The highest BCUT2D eigenvalue weighted by molar-refractivity contribution is 5.85. The molecule has 2 N–H and O–H groups in total. The van der Waals surface area contributed by atoms with Crippen LogP contribution in [0, 0.1) is 19.8 Å². The van der Waals surface area contributed by atoms with E-state index in [2.05, 4.69) is 5.32 Å². The monoisotopic (exact) mass is 277 g/mol. The largest absolute Gasteiger partial charge is 0.479 e. The van der Waals surface area contributed by atoms with E-state index in [1.54, 1.807) is 12.1 Å². The normalized spacial score (nSPS) is 12.2. The molecule has 4 nitrogen and oxygen atoms in total. The predicted octanol–water partition coefficient (Wildman–Crippen LogP) is 2.98. The van der Waals surface area contributed by atoms with E-state index in [0.29, 0.717) is 18.4 Å². The summed E-state index contributed by atoms with van der Waals surface area (Å²) in [5.74, 6) is -1.36. The Kier molecular flexibility index (Phi) is 5.74. The van der Waals surface area contributed by atoms with E-state index in [0.717, 1.165) is 11.1 Å². The van der Waals surface area contributed by atoms with Crippen LogP contribution in [0.15, 0.2) is 18.2 Å². The van der Waals surface area contributed by atoms with Gasteiger partial charge in [0.15, 0.2) is 6.04 Å². The van der Waals surface area contributed by atoms with E-state index in [1.807, 2.05) is 33.8 Å². The van der Waals surface area contributed by atoms with Crippen LogP contribution in [-0.2, 0) is 9.59 Å². The topological polar surface area (TPSA) is 66.4 Å². The van der Waals surface area contributed by atoms with Crippen LogP contribution < -0.4 is 5.32 Å². The number of hydrogen-bond acceptors (Lipinski definition) is 2. The van der Waals surface area contributed by atoms with E-state index >= 15 is 0 Å². The summed E-state index contributed by atoms with van der Waals surface area (Å²) in [6.45, 7) is 7.69. The van der Waals surface area contributed by atoms with Crippen LogP contribution in [0.5, 0.6) is 0 Å². The van der Waals surface area contributed by atoms with Gasteiger partial charge in [-0.25, -0.2) is 4.79 Å². The molecule has 1 atom stereocenters. The average molecular weight is 277 g/mol. The first kappa shape index (κ1) is 16.2. The van der Waals surface area contributed by atoms with Gasteiger partial charge in [-0.1, -0.05) is 43.2 Å². The van der Waals surface area contributed by atoms with E-state index in [4.69, 9.17) is 0 Å². The maximum absolute atomic E-state index is 12.1. The van der Waals surface area contributed by atoms with Gasteiger partial charge < -0.3 is 10.4 Å². The quantitative estimate of drug-likeness (QED) is 0.840. The van der Waals surface area contributed by atoms with Crippen LogP contribution >= 0.6 is 0 Å². The lowest BCUT2D eigenvalue weighted by Crippen LogP contribution is -2.37. The molecule has 0 bridgehead atoms. The number of carbonyl (C=O) groups is 2. The fraction of sp³-hybridized carbons (Fsp3) is 0.500. The molecule has 4 heteroatoms. The molecule has 0 saturated heterocycles. The summed E-state index contributed by atoms with van der Waals surface area (Å²) in [7, 11) is 0. The van der Waals surface area contributed by atoms with Gasteiger partial charge >= 0.3 is 5.97 Å². The van der Waals surface area contributed by atoms with Gasteiger partial charge in [0.25, 0.3) is 0 Å². The van der Waals surface area contributed by atoms with Crippen LogP contribution in [0.4, 0.5) is 0 Å². The van der Waals surface area contributed by atoms with Crippen molar-refractivity contribution in [3.8, 4) is 0 Å². The van der Waals surface area contributed by atoms with E-state index in [-0.39, 0.29) is 11.8 Å². The van der Waals surface area contributed by atoms with Gasteiger partial charge in [-0.05, 0) is 32.3 Å². The first-order valence-electron chi connectivity index (χ1n) is 7.00. The molecule has 110 valence electrons. The molecule has 0 aliphatic heterocycles. The van der Waals surface area contributed by atoms with E-state index < -0.39 is 12.0 Å². The first-order valence-corrected chi connectivity index (χ1v) is 7.00. The molecule has 0 aliphatic carbocycles. The van der Waals surface area contributed by atoms with Gasteiger partial charge in [-0.15, -0.1) is 0 Å². The third-order valence-corrected chi connectivity index (χ3v) is 3.47. The Bertz CT molecular complexity index is 472. The smallest absolute Gasteiger partial charge is 0.330 e. The SMILES string of the molecule is CCC(CC)C(=O)NC(C(=O)O)c1cc(C)cc(C)c1. The number of carboxylic acids is 1. The highest BCUT2D eigenvalue weighted by atomic mass is 16.4. The molecule has 0 spiro atoms. The second-order valence-electron chi connectivity index (χ2n) is 5.21. The third-order valence-electron chi connectivity index (χ3n) is 3.47. The van der Waals surface area contributed by atoms with Crippen LogP contribution in [0.1, 0.15) is 49.4 Å². The molecule has 1 unspecified atom stereocenters. The maximum atomic E-state index is 12.1. The Morgan fingerprint density at radius 3 is 2.00 bits per heavy atom. The maximum Gasteiger partial charge on any atom is 0.330 e. The summed E-state index contributed by atoms with van der Waals surface area (Å²) in [6.07, 6.45) is 1.42. The van der Waals surface area contributed by atoms with Crippen molar-refractivity contribution in [2.75, 3.05) is 0 Å². The highest BCUT2D eigenvalue weighted by Crippen LogP contribution is 2.19. The van der Waals surface area contributed by atoms with E-state index in [1.165, 1.54) is 0 Å². The van der Waals surface area contributed by atoms with Gasteiger partial charge in [0.2, 0.25) is 5.91 Å². The minimum Gasteiger partial charge on any atom is -0.479 e. The molecule has 1 amide bonds. The molecule has 1 aromatic rings. The van der Waals surface area contributed by atoms with Crippen LogP contribution in [0.2, 0.25) is 0 Å². The molecule has 1 rings (SSSR count). The number of carbonyl (C=O) groups excluding carboxylic acids is 1. The van der Waals surface area contributed by atoms with Crippen molar-refractivity contribution < 1.29 is 14.7 Å². The summed E-state index contributed by atoms with van der Waals surface area (Å²) >= 11 is 0. The minimum atomic E-state index is -1.03. The molecule has 1 aromatic carbocycles. The first-order chi connectivity index (χ1) is 9.38. The molecule has 0 heterocycles. The fourth-order valence-electron chi connectivity index (χ4n) is 2.38. The third kappa shape index (κ3) is 4.08. The van der Waals surface area contributed by atoms with Crippen molar-refractivity contribution in [1.29, 1.82) is 0 Å². The number of carboxylic acid groups (broad SMARTS) is 1. The molecule has 20 heavy (non-hydrogen) atoms. The second-order valence-corrected chi connectivity index (χ2v) is 5.21. The molecule has 0 fully saturated rings. The van der Waals surface area contributed by atoms with Crippen molar-refractivity contribution in [2.24, 2.45) is 5.92 Å². The molecule has 0 saturated carbocycles. The average Bonchev–Trinajstić information content (AvgIpc) is 2.35. The zero-order chi connectivity index (χ0) is 15.3. The molecule has 0 radical (unpaired) electrons. The zero-order valence-corrected chi connectivity index (χ0v) is 12.6. The molecular formula is C16H23NO3. The van der Waals surface area contributed by atoms with Gasteiger partial charge in [-0.2, -0.15) is 0 Å². The number of nitrogens with one attached hydrogen (secondary N) is 1. The molecule has 0 aromatic heterocycles. The number of amides is 1. The van der Waals surface area contributed by atoms with Crippen LogP contribution in [0.25, 0.3) is 0 Å². The van der Waals surface area contributed by atoms with Gasteiger partial charge in [0.1, 0.15) is 0 Å². The van der Waals surface area contributed by atoms with Crippen molar-refractivity contribution in [1.82, 2.24) is 5.32 Å². The predicted molar refractivity (Wildman–Crippen MR) is 78.5 cm³/mol. The lowest BCUT2D eigenvalue weighted by atomic mass is 9.98. The second kappa shape index (κ2) is 7.08. The lowest BCUT2D eigenvalue weighted by Gasteiger charge is -2.19. The number of rotatable bonds is 6. The van der Waals surface area contributed by atoms with Crippen molar-refractivity contribution in [2.45, 2.75) is 46.6 Å². The summed E-state index contributed by atoms with van der Waals surface area (Å²) in [5, 5.41) is 12.0. The summed E-state index contributed by atoms with van der Waals surface area (Å²) < 4.78 is 0.